The van der Waals surface area contributed by atoms with Gasteiger partial charge in [-0.2, -0.15) is 0 Å². The molecule has 1 aromatic carbocycles. The first-order valence-electron chi connectivity index (χ1n) is 8.97. The largest absolute Gasteiger partial charge is 0.338 e. The number of aryl methyl sites for hydroxylation is 2. The average Bonchev–Trinajstić information content (AvgIpc) is 3.06. The van der Waals surface area contributed by atoms with E-state index in [0.717, 1.165) is 38.2 Å². The molecule has 0 radical (unpaired) electrons. The highest BCUT2D eigenvalue weighted by Crippen LogP contribution is 2.21. The number of benzene rings is 1. The second-order valence-electron chi connectivity index (χ2n) is 7.26. The van der Waals surface area contributed by atoms with E-state index < -0.39 is 0 Å². The van der Waals surface area contributed by atoms with Crippen LogP contribution in [0.25, 0.3) is 0 Å². The number of amides is 1. The lowest BCUT2D eigenvalue weighted by atomic mass is 10.1. The van der Waals surface area contributed by atoms with E-state index in [1.165, 1.54) is 16.7 Å². The van der Waals surface area contributed by atoms with Gasteiger partial charge in [0, 0.05) is 44.1 Å². The minimum atomic E-state index is 0.167. The second kappa shape index (κ2) is 7.79. The van der Waals surface area contributed by atoms with E-state index >= 15 is 0 Å². The Hall–Kier alpha value is -2.20. The predicted molar refractivity (Wildman–Crippen MR) is 100 cm³/mol. The third kappa shape index (κ3) is 4.45. The first kappa shape index (κ1) is 17.6. The van der Waals surface area contributed by atoms with Gasteiger partial charge in [-0.15, -0.1) is 0 Å². The molecule has 132 valence electrons. The number of carbonyl (C=O) groups excluding carboxylic acids is 1. The Kier molecular flexibility index (Phi) is 5.49. The van der Waals surface area contributed by atoms with E-state index in [2.05, 4.69) is 36.8 Å². The summed E-state index contributed by atoms with van der Waals surface area (Å²) < 4.78 is 0. The van der Waals surface area contributed by atoms with Crippen LogP contribution in [0.4, 0.5) is 0 Å². The molecule has 1 aliphatic heterocycles. The molecule has 3 rings (SSSR count). The van der Waals surface area contributed by atoms with Crippen molar-refractivity contribution >= 4 is 5.91 Å². The van der Waals surface area contributed by atoms with E-state index in [0.29, 0.717) is 5.92 Å². The van der Waals surface area contributed by atoms with Crippen LogP contribution in [-0.2, 0) is 6.54 Å². The van der Waals surface area contributed by atoms with Crippen molar-refractivity contribution in [3.63, 3.8) is 0 Å². The summed E-state index contributed by atoms with van der Waals surface area (Å²) >= 11 is 0. The van der Waals surface area contributed by atoms with Crippen molar-refractivity contribution in [3.8, 4) is 0 Å². The second-order valence-corrected chi connectivity index (χ2v) is 7.26. The number of aromatic nitrogens is 1. The van der Waals surface area contributed by atoms with Gasteiger partial charge in [-0.25, -0.2) is 0 Å². The summed E-state index contributed by atoms with van der Waals surface area (Å²) in [7, 11) is 2.14. The predicted octanol–water partition coefficient (Wildman–Crippen LogP) is 3.29. The molecule has 4 nitrogen and oxygen atoms in total. The number of rotatable bonds is 5. The van der Waals surface area contributed by atoms with Crippen LogP contribution in [0.2, 0.25) is 0 Å². The van der Waals surface area contributed by atoms with Crippen molar-refractivity contribution in [3.05, 3.63) is 65.0 Å². The van der Waals surface area contributed by atoms with Gasteiger partial charge in [-0.1, -0.05) is 12.1 Å². The van der Waals surface area contributed by atoms with E-state index in [9.17, 15) is 4.79 Å². The highest BCUT2D eigenvalue weighted by molar-refractivity contribution is 5.94. The summed E-state index contributed by atoms with van der Waals surface area (Å²) in [6, 6.07) is 10.1. The monoisotopic (exact) mass is 337 g/mol. The smallest absolute Gasteiger partial charge is 0.253 e. The van der Waals surface area contributed by atoms with Crippen LogP contribution < -0.4 is 0 Å². The van der Waals surface area contributed by atoms with Crippen LogP contribution in [0.3, 0.4) is 0 Å². The van der Waals surface area contributed by atoms with Gasteiger partial charge in [0.1, 0.15) is 0 Å². The molecule has 1 aliphatic rings. The van der Waals surface area contributed by atoms with Gasteiger partial charge in [0.15, 0.2) is 0 Å². The lowest BCUT2D eigenvalue weighted by Gasteiger charge is -2.21. The van der Waals surface area contributed by atoms with Crippen LogP contribution in [0.15, 0.2) is 42.7 Å². The summed E-state index contributed by atoms with van der Waals surface area (Å²) in [6.07, 6.45) is 4.80. The number of pyridine rings is 1. The molecule has 0 bridgehead atoms. The minimum absolute atomic E-state index is 0.167. The fourth-order valence-electron chi connectivity index (χ4n) is 3.53. The Morgan fingerprint density at radius 2 is 2.12 bits per heavy atom. The number of nitrogens with zero attached hydrogens (tertiary/aromatic N) is 3. The maximum atomic E-state index is 12.7. The number of hydrogen-bond acceptors (Lipinski definition) is 3. The Bertz CT molecular complexity index is 729. The Morgan fingerprint density at radius 3 is 2.84 bits per heavy atom. The summed E-state index contributed by atoms with van der Waals surface area (Å²) in [5.41, 5.74) is 4.45. The molecule has 1 atom stereocenters. The fraction of sp³-hybridized carbons (Fsp3) is 0.429. The first-order chi connectivity index (χ1) is 12.0. The van der Waals surface area contributed by atoms with Gasteiger partial charge in [-0.3, -0.25) is 9.78 Å². The zero-order valence-corrected chi connectivity index (χ0v) is 15.4. The summed E-state index contributed by atoms with van der Waals surface area (Å²) in [4.78, 5) is 21.2. The SMILES string of the molecule is Cc1ccc(C(=O)N2CCC(CN(C)Cc3cccnc3)C2)cc1C. The van der Waals surface area contributed by atoms with Crippen molar-refractivity contribution in [2.45, 2.75) is 26.8 Å². The third-order valence-electron chi connectivity index (χ3n) is 5.07. The third-order valence-corrected chi connectivity index (χ3v) is 5.07. The van der Waals surface area contributed by atoms with Crippen molar-refractivity contribution in [1.29, 1.82) is 0 Å². The van der Waals surface area contributed by atoms with Gasteiger partial charge in [-0.05, 0) is 68.1 Å². The van der Waals surface area contributed by atoms with Crippen molar-refractivity contribution in [2.24, 2.45) is 5.92 Å². The van der Waals surface area contributed by atoms with E-state index in [1.54, 1.807) is 6.20 Å². The first-order valence-corrected chi connectivity index (χ1v) is 8.97. The molecule has 1 saturated heterocycles. The molecule has 1 amide bonds. The van der Waals surface area contributed by atoms with E-state index in [1.807, 2.05) is 35.4 Å². The molecule has 1 fully saturated rings. The number of likely N-dealkylation sites (tertiary alicyclic amines) is 1. The maximum absolute atomic E-state index is 12.7. The molecule has 1 unspecified atom stereocenters. The summed E-state index contributed by atoms with van der Waals surface area (Å²) in [5, 5.41) is 0. The maximum Gasteiger partial charge on any atom is 0.253 e. The minimum Gasteiger partial charge on any atom is -0.338 e. The van der Waals surface area contributed by atoms with Crippen molar-refractivity contribution < 1.29 is 4.79 Å². The zero-order chi connectivity index (χ0) is 17.8. The van der Waals surface area contributed by atoms with Crippen LogP contribution in [-0.4, -0.2) is 47.4 Å². The van der Waals surface area contributed by atoms with Crippen molar-refractivity contribution in [1.82, 2.24) is 14.8 Å². The lowest BCUT2D eigenvalue weighted by Crippen LogP contribution is -2.31. The highest BCUT2D eigenvalue weighted by Gasteiger charge is 2.27. The van der Waals surface area contributed by atoms with Crippen LogP contribution in [0, 0.1) is 19.8 Å². The molecular weight excluding hydrogens is 310 g/mol. The lowest BCUT2D eigenvalue weighted by molar-refractivity contribution is 0.0784. The van der Waals surface area contributed by atoms with Crippen molar-refractivity contribution in [2.75, 3.05) is 26.7 Å². The van der Waals surface area contributed by atoms with E-state index in [4.69, 9.17) is 0 Å². The molecule has 0 aliphatic carbocycles. The molecule has 0 saturated carbocycles. The quantitative estimate of drug-likeness (QED) is 0.840. The van der Waals surface area contributed by atoms with Gasteiger partial charge >= 0.3 is 0 Å². The highest BCUT2D eigenvalue weighted by atomic mass is 16.2. The fourth-order valence-corrected chi connectivity index (χ4v) is 3.53. The summed E-state index contributed by atoms with van der Waals surface area (Å²) in [6.45, 7) is 7.75. The Balaban J connectivity index is 1.54. The summed E-state index contributed by atoms with van der Waals surface area (Å²) in [5.74, 6) is 0.706. The molecule has 2 heterocycles. The normalized spacial score (nSPS) is 17.3. The molecule has 2 aromatic rings. The average molecular weight is 337 g/mol. The zero-order valence-electron chi connectivity index (χ0n) is 15.4. The van der Waals surface area contributed by atoms with E-state index in [-0.39, 0.29) is 5.91 Å². The molecule has 4 heteroatoms. The number of carbonyl (C=O) groups is 1. The topological polar surface area (TPSA) is 36.4 Å². The van der Waals surface area contributed by atoms with Crippen LogP contribution in [0.1, 0.15) is 33.5 Å². The number of hydrogen-bond donors (Lipinski definition) is 0. The molecule has 25 heavy (non-hydrogen) atoms. The van der Waals surface area contributed by atoms with Gasteiger partial charge in [0.05, 0.1) is 0 Å². The molecule has 1 aromatic heterocycles. The van der Waals surface area contributed by atoms with Gasteiger partial charge < -0.3 is 9.80 Å². The standard InChI is InChI=1S/C21H27N3O/c1-16-6-7-20(11-17(16)2)21(25)24-10-8-19(15-24)14-23(3)13-18-5-4-9-22-12-18/h4-7,9,11-12,19H,8,10,13-15H2,1-3H3. The van der Waals surface area contributed by atoms with Crippen LogP contribution >= 0.6 is 0 Å². The Labute approximate surface area is 150 Å². The molecular formula is C21H27N3O. The van der Waals surface area contributed by atoms with Crippen LogP contribution in [0.5, 0.6) is 0 Å². The Morgan fingerprint density at radius 1 is 1.28 bits per heavy atom. The van der Waals surface area contributed by atoms with Gasteiger partial charge in [0.2, 0.25) is 0 Å². The van der Waals surface area contributed by atoms with Gasteiger partial charge in [0.25, 0.3) is 5.91 Å². The molecule has 0 N–H and O–H groups in total. The molecule has 0 spiro atoms.